The van der Waals surface area contributed by atoms with Crippen molar-refractivity contribution in [3.8, 4) is 0 Å². The van der Waals surface area contributed by atoms with Crippen molar-refractivity contribution in [3.63, 3.8) is 0 Å². The first-order valence-electron chi connectivity index (χ1n) is 7.74. The fourth-order valence-electron chi connectivity index (χ4n) is 3.63. The first kappa shape index (κ1) is 15.7. The van der Waals surface area contributed by atoms with Gasteiger partial charge in [0, 0.05) is 18.1 Å². The van der Waals surface area contributed by atoms with Crippen LogP contribution in [0, 0.1) is 0 Å². The molecule has 2 unspecified atom stereocenters. The van der Waals surface area contributed by atoms with Crippen LogP contribution < -0.4 is 5.32 Å². The Morgan fingerprint density at radius 2 is 2.25 bits per heavy atom. The molecule has 116 valence electrons. The second kappa shape index (κ2) is 6.00. The van der Waals surface area contributed by atoms with Crippen molar-refractivity contribution in [1.29, 1.82) is 0 Å². The van der Waals surface area contributed by atoms with Crippen molar-refractivity contribution in [3.05, 3.63) is 0 Å². The topological polar surface area (TPSA) is 61.8 Å². The summed E-state index contributed by atoms with van der Waals surface area (Å²) in [5.74, 6) is -0.695. The summed E-state index contributed by atoms with van der Waals surface area (Å²) in [5, 5.41) is 12.9. The molecule has 2 N–H and O–H groups in total. The lowest BCUT2D eigenvalue weighted by molar-refractivity contribution is -0.145. The van der Waals surface area contributed by atoms with Crippen molar-refractivity contribution < 1.29 is 14.6 Å². The molecule has 0 spiro atoms. The van der Waals surface area contributed by atoms with Crippen molar-refractivity contribution in [2.24, 2.45) is 0 Å². The Bertz CT molecular complexity index is 359. The van der Waals surface area contributed by atoms with E-state index in [0.29, 0.717) is 12.5 Å². The number of aliphatic carboxylic acids is 1. The third-order valence-electron chi connectivity index (χ3n) is 4.76. The van der Waals surface area contributed by atoms with E-state index in [0.717, 1.165) is 45.6 Å². The molecule has 1 saturated carbocycles. The minimum atomic E-state index is -0.727. The van der Waals surface area contributed by atoms with E-state index in [-0.39, 0.29) is 5.54 Å². The second-order valence-corrected chi connectivity index (χ2v) is 6.77. The summed E-state index contributed by atoms with van der Waals surface area (Å²) in [6.07, 6.45) is 3.33. The van der Waals surface area contributed by atoms with Gasteiger partial charge in [0.1, 0.15) is 5.54 Å². The Morgan fingerprint density at radius 3 is 2.85 bits per heavy atom. The molecule has 0 radical (unpaired) electrons. The molecular formula is C15H28N2O3. The van der Waals surface area contributed by atoms with Crippen LogP contribution in [0.25, 0.3) is 0 Å². The molecule has 2 fully saturated rings. The molecule has 5 heteroatoms. The van der Waals surface area contributed by atoms with Crippen LogP contribution in [-0.2, 0) is 9.53 Å². The van der Waals surface area contributed by atoms with Crippen molar-refractivity contribution in [1.82, 2.24) is 10.2 Å². The van der Waals surface area contributed by atoms with Crippen LogP contribution in [-0.4, -0.2) is 59.4 Å². The smallest absolute Gasteiger partial charge is 0.323 e. The van der Waals surface area contributed by atoms with E-state index in [2.05, 4.69) is 31.0 Å². The fourth-order valence-corrected chi connectivity index (χ4v) is 3.63. The highest BCUT2D eigenvalue weighted by molar-refractivity contribution is 5.79. The van der Waals surface area contributed by atoms with E-state index in [9.17, 15) is 9.90 Å². The molecule has 5 nitrogen and oxygen atoms in total. The van der Waals surface area contributed by atoms with Gasteiger partial charge in [-0.3, -0.25) is 9.69 Å². The van der Waals surface area contributed by atoms with Gasteiger partial charge >= 0.3 is 5.97 Å². The van der Waals surface area contributed by atoms with Gasteiger partial charge in [0.25, 0.3) is 0 Å². The average Bonchev–Trinajstić information content (AvgIpc) is 2.81. The predicted octanol–water partition coefficient (Wildman–Crippen LogP) is 1.47. The molecule has 1 saturated heterocycles. The summed E-state index contributed by atoms with van der Waals surface area (Å²) in [6.45, 7) is 9.60. The molecule has 2 rings (SSSR count). The molecular weight excluding hydrogens is 256 g/mol. The van der Waals surface area contributed by atoms with Gasteiger partial charge < -0.3 is 15.2 Å². The van der Waals surface area contributed by atoms with Crippen molar-refractivity contribution in [2.75, 3.05) is 26.3 Å². The Hall–Kier alpha value is -0.650. The highest BCUT2D eigenvalue weighted by Gasteiger charge is 2.49. The lowest BCUT2D eigenvalue weighted by Gasteiger charge is -2.46. The van der Waals surface area contributed by atoms with E-state index in [1.165, 1.54) is 0 Å². The van der Waals surface area contributed by atoms with Crippen LogP contribution in [0.1, 0.15) is 46.5 Å². The van der Waals surface area contributed by atoms with Crippen LogP contribution >= 0.6 is 0 Å². The van der Waals surface area contributed by atoms with E-state index >= 15 is 0 Å². The van der Waals surface area contributed by atoms with Gasteiger partial charge in [-0.05, 0) is 46.1 Å². The molecule has 0 aromatic carbocycles. The van der Waals surface area contributed by atoms with Gasteiger partial charge in [-0.15, -0.1) is 0 Å². The van der Waals surface area contributed by atoms with Crippen LogP contribution in [0.15, 0.2) is 0 Å². The molecule has 0 amide bonds. The van der Waals surface area contributed by atoms with E-state index in [4.69, 9.17) is 4.74 Å². The summed E-state index contributed by atoms with van der Waals surface area (Å²) >= 11 is 0. The quantitative estimate of drug-likeness (QED) is 0.800. The molecule has 0 aromatic rings. The van der Waals surface area contributed by atoms with Crippen LogP contribution in [0.2, 0.25) is 0 Å². The lowest BCUT2D eigenvalue weighted by Crippen LogP contribution is -2.58. The second-order valence-electron chi connectivity index (χ2n) is 6.77. The van der Waals surface area contributed by atoms with Gasteiger partial charge in [0.2, 0.25) is 0 Å². The number of ether oxygens (including phenoxy) is 1. The third kappa shape index (κ3) is 3.00. The largest absolute Gasteiger partial charge is 0.480 e. The summed E-state index contributed by atoms with van der Waals surface area (Å²) < 4.78 is 5.57. The van der Waals surface area contributed by atoms with Crippen molar-refractivity contribution in [2.45, 2.75) is 63.6 Å². The molecule has 1 aliphatic heterocycles. The minimum Gasteiger partial charge on any atom is -0.480 e. The standard InChI is InChI=1S/C15H28N2O3/c1-4-7-16-15(13(18)19)6-5-12(10-15)17-8-9-20-11-14(17,2)3/h12,16H,4-11H2,1-3H3,(H,18,19). The number of hydrogen-bond acceptors (Lipinski definition) is 4. The molecule has 0 bridgehead atoms. The van der Waals surface area contributed by atoms with E-state index in [1.807, 2.05) is 0 Å². The maximum atomic E-state index is 11.7. The zero-order chi connectivity index (χ0) is 14.8. The van der Waals surface area contributed by atoms with Gasteiger partial charge in [0.15, 0.2) is 0 Å². The maximum absolute atomic E-state index is 11.7. The SMILES string of the molecule is CCCNC1(C(=O)O)CCC(N2CCOCC2(C)C)C1. The Balaban J connectivity index is 2.07. The van der Waals surface area contributed by atoms with Crippen LogP contribution in [0.5, 0.6) is 0 Å². The molecule has 0 aromatic heterocycles. The molecule has 2 atom stereocenters. The average molecular weight is 284 g/mol. The molecule has 1 heterocycles. The Labute approximate surface area is 121 Å². The van der Waals surface area contributed by atoms with Crippen LogP contribution in [0.4, 0.5) is 0 Å². The summed E-state index contributed by atoms with van der Waals surface area (Å²) in [5.41, 5.74) is -0.725. The number of carboxylic acids is 1. The van der Waals surface area contributed by atoms with E-state index < -0.39 is 11.5 Å². The number of hydrogen-bond donors (Lipinski definition) is 2. The van der Waals surface area contributed by atoms with Crippen molar-refractivity contribution >= 4 is 5.97 Å². The fraction of sp³-hybridized carbons (Fsp3) is 0.933. The van der Waals surface area contributed by atoms with Crippen LogP contribution in [0.3, 0.4) is 0 Å². The molecule has 2 aliphatic rings. The monoisotopic (exact) mass is 284 g/mol. The predicted molar refractivity (Wildman–Crippen MR) is 77.9 cm³/mol. The van der Waals surface area contributed by atoms with Gasteiger partial charge in [-0.25, -0.2) is 0 Å². The maximum Gasteiger partial charge on any atom is 0.323 e. The molecule has 1 aliphatic carbocycles. The third-order valence-corrected chi connectivity index (χ3v) is 4.76. The zero-order valence-electron chi connectivity index (χ0n) is 12.9. The van der Waals surface area contributed by atoms with Gasteiger partial charge in [-0.1, -0.05) is 6.92 Å². The molecule has 20 heavy (non-hydrogen) atoms. The first-order valence-corrected chi connectivity index (χ1v) is 7.74. The summed E-state index contributed by atoms with van der Waals surface area (Å²) in [6, 6.07) is 0.342. The van der Waals surface area contributed by atoms with Gasteiger partial charge in [-0.2, -0.15) is 0 Å². The van der Waals surface area contributed by atoms with Gasteiger partial charge in [0.05, 0.1) is 13.2 Å². The highest BCUT2D eigenvalue weighted by atomic mass is 16.5. The zero-order valence-corrected chi connectivity index (χ0v) is 12.9. The normalized spacial score (nSPS) is 34.2. The number of nitrogens with zero attached hydrogens (tertiary/aromatic N) is 1. The number of rotatable bonds is 5. The number of nitrogens with one attached hydrogen (secondary N) is 1. The Kier molecular flexibility index (Phi) is 4.72. The number of carbonyl (C=O) groups is 1. The lowest BCUT2D eigenvalue weighted by atomic mass is 9.95. The number of morpholine rings is 1. The minimum absolute atomic E-state index is 0.00224. The highest BCUT2D eigenvalue weighted by Crippen LogP contribution is 2.37. The number of carboxylic acid groups (broad SMARTS) is 1. The summed E-state index contributed by atoms with van der Waals surface area (Å²) in [7, 11) is 0. The first-order chi connectivity index (χ1) is 9.41. The Morgan fingerprint density at radius 1 is 1.50 bits per heavy atom. The van der Waals surface area contributed by atoms with E-state index in [1.54, 1.807) is 0 Å². The summed E-state index contributed by atoms with van der Waals surface area (Å²) in [4.78, 5) is 14.2.